The van der Waals surface area contributed by atoms with Crippen molar-refractivity contribution in [3.05, 3.63) is 35.9 Å². The lowest BCUT2D eigenvalue weighted by Gasteiger charge is -2.17. The van der Waals surface area contributed by atoms with Crippen molar-refractivity contribution in [2.45, 2.75) is 44.8 Å². The van der Waals surface area contributed by atoms with Crippen LogP contribution < -0.4 is 5.32 Å². The van der Waals surface area contributed by atoms with Crippen LogP contribution in [0.2, 0.25) is 0 Å². The molecule has 22 heavy (non-hydrogen) atoms. The number of nitrogens with one attached hydrogen (secondary N) is 1. The van der Waals surface area contributed by atoms with Crippen LogP contribution in [0.1, 0.15) is 38.2 Å². The molecule has 0 bridgehead atoms. The summed E-state index contributed by atoms with van der Waals surface area (Å²) in [6.07, 6.45) is 3.05. The van der Waals surface area contributed by atoms with Gasteiger partial charge in [-0.15, -0.1) is 0 Å². The SMILES string of the molecule is CCCC[C@H]1C[C@]1(NC(=O)OCc1ccccc1)C(=O)OC. The first-order valence-corrected chi connectivity index (χ1v) is 7.69. The number of rotatable bonds is 7. The zero-order valence-electron chi connectivity index (χ0n) is 13.1. The molecule has 0 heterocycles. The van der Waals surface area contributed by atoms with Crippen LogP contribution in [0.5, 0.6) is 0 Å². The average Bonchev–Trinajstić information content (AvgIpc) is 3.25. The van der Waals surface area contributed by atoms with Gasteiger partial charge in [0.1, 0.15) is 12.1 Å². The van der Waals surface area contributed by atoms with Crippen molar-refractivity contribution in [2.75, 3.05) is 7.11 Å². The molecule has 1 fully saturated rings. The second-order valence-corrected chi connectivity index (χ2v) is 5.69. The smallest absolute Gasteiger partial charge is 0.408 e. The van der Waals surface area contributed by atoms with Crippen LogP contribution in [0.4, 0.5) is 4.79 Å². The number of esters is 1. The minimum atomic E-state index is -0.891. The molecule has 0 saturated heterocycles. The van der Waals surface area contributed by atoms with E-state index in [0.29, 0.717) is 6.42 Å². The third-order valence-corrected chi connectivity index (χ3v) is 4.10. The van der Waals surface area contributed by atoms with E-state index in [1.54, 1.807) is 0 Å². The normalized spacial score (nSPS) is 22.7. The Morgan fingerprint density at radius 1 is 1.32 bits per heavy atom. The molecule has 120 valence electrons. The van der Waals surface area contributed by atoms with E-state index in [4.69, 9.17) is 9.47 Å². The highest BCUT2D eigenvalue weighted by Gasteiger charge is 2.61. The molecule has 1 N–H and O–H groups in total. The Labute approximate surface area is 131 Å². The summed E-state index contributed by atoms with van der Waals surface area (Å²) in [7, 11) is 1.34. The van der Waals surface area contributed by atoms with Crippen LogP contribution in [0.25, 0.3) is 0 Å². The zero-order chi connectivity index (χ0) is 16.0. The van der Waals surface area contributed by atoms with Crippen molar-refractivity contribution in [3.63, 3.8) is 0 Å². The van der Waals surface area contributed by atoms with E-state index in [0.717, 1.165) is 24.8 Å². The molecule has 2 atom stereocenters. The fraction of sp³-hybridized carbons (Fsp3) is 0.529. The van der Waals surface area contributed by atoms with Gasteiger partial charge in [0, 0.05) is 0 Å². The zero-order valence-corrected chi connectivity index (χ0v) is 13.1. The van der Waals surface area contributed by atoms with Gasteiger partial charge >= 0.3 is 12.1 Å². The van der Waals surface area contributed by atoms with Crippen LogP contribution in [-0.2, 0) is 20.9 Å². The fourth-order valence-electron chi connectivity index (χ4n) is 2.71. The van der Waals surface area contributed by atoms with E-state index in [2.05, 4.69) is 12.2 Å². The molecule has 5 nitrogen and oxygen atoms in total. The van der Waals surface area contributed by atoms with E-state index >= 15 is 0 Å². The van der Waals surface area contributed by atoms with Gasteiger partial charge in [-0.2, -0.15) is 0 Å². The summed E-state index contributed by atoms with van der Waals surface area (Å²) in [6.45, 7) is 2.29. The molecule has 1 saturated carbocycles. The van der Waals surface area contributed by atoms with Crippen molar-refractivity contribution >= 4 is 12.1 Å². The first-order valence-electron chi connectivity index (χ1n) is 7.69. The molecular formula is C17H23NO4. The monoisotopic (exact) mass is 305 g/mol. The highest BCUT2D eigenvalue weighted by molar-refractivity contribution is 5.89. The lowest BCUT2D eigenvalue weighted by atomic mass is 10.1. The summed E-state index contributed by atoms with van der Waals surface area (Å²) in [4.78, 5) is 24.0. The topological polar surface area (TPSA) is 64.6 Å². The molecule has 0 spiro atoms. The molecular weight excluding hydrogens is 282 g/mol. The van der Waals surface area contributed by atoms with Gasteiger partial charge in [-0.1, -0.05) is 50.1 Å². The van der Waals surface area contributed by atoms with Gasteiger partial charge in [-0.3, -0.25) is 0 Å². The first-order chi connectivity index (χ1) is 10.6. The Kier molecular flexibility index (Phi) is 5.41. The quantitative estimate of drug-likeness (QED) is 0.786. The van der Waals surface area contributed by atoms with E-state index in [9.17, 15) is 9.59 Å². The maximum absolute atomic E-state index is 12.0. The molecule has 1 amide bonds. The number of alkyl carbamates (subject to hydrolysis) is 1. The van der Waals surface area contributed by atoms with Crippen LogP contribution in [0.15, 0.2) is 30.3 Å². The molecule has 2 rings (SSSR count). The number of methoxy groups -OCH3 is 1. The Hall–Kier alpha value is -2.04. The van der Waals surface area contributed by atoms with E-state index in [1.165, 1.54) is 7.11 Å². The Bertz CT molecular complexity index is 517. The maximum atomic E-state index is 12.0. The standard InChI is InChI=1S/C17H23NO4/c1-3-4-10-14-11-17(14,15(19)21-2)18-16(20)22-12-13-8-6-5-7-9-13/h5-9,14H,3-4,10-12H2,1-2H3,(H,18,20)/t14-,17+/m0/s1. The highest BCUT2D eigenvalue weighted by atomic mass is 16.6. The number of ether oxygens (including phenoxy) is 2. The van der Waals surface area contributed by atoms with Crippen LogP contribution >= 0.6 is 0 Å². The van der Waals surface area contributed by atoms with Gasteiger partial charge in [0.05, 0.1) is 7.11 Å². The molecule has 1 aliphatic carbocycles. The third-order valence-electron chi connectivity index (χ3n) is 4.10. The maximum Gasteiger partial charge on any atom is 0.408 e. The molecule has 1 aliphatic rings. The van der Waals surface area contributed by atoms with Gasteiger partial charge in [0.25, 0.3) is 0 Å². The minimum absolute atomic E-state index is 0.143. The molecule has 0 aromatic heterocycles. The number of amides is 1. The molecule has 5 heteroatoms. The van der Waals surface area contributed by atoms with Gasteiger partial charge in [0.15, 0.2) is 0 Å². The lowest BCUT2D eigenvalue weighted by Crippen LogP contribution is -2.45. The molecule has 0 aliphatic heterocycles. The van der Waals surface area contributed by atoms with Crippen molar-refractivity contribution < 1.29 is 19.1 Å². The molecule has 1 aromatic carbocycles. The predicted octanol–water partition coefficient (Wildman–Crippen LogP) is 3.03. The predicted molar refractivity (Wildman–Crippen MR) is 82.1 cm³/mol. The van der Waals surface area contributed by atoms with Crippen molar-refractivity contribution in [2.24, 2.45) is 5.92 Å². The van der Waals surface area contributed by atoms with E-state index < -0.39 is 11.6 Å². The number of unbranched alkanes of at least 4 members (excludes halogenated alkanes) is 1. The minimum Gasteiger partial charge on any atom is -0.467 e. The number of benzene rings is 1. The summed E-state index contributed by atoms with van der Waals surface area (Å²) in [5.41, 5.74) is 0.0145. The Morgan fingerprint density at radius 2 is 2.05 bits per heavy atom. The number of carbonyl (C=O) groups excluding carboxylic acids is 2. The van der Waals surface area contributed by atoms with Gasteiger partial charge in [-0.05, 0) is 24.3 Å². The summed E-state index contributed by atoms with van der Waals surface area (Å²) in [6, 6.07) is 9.43. The Balaban J connectivity index is 1.88. The average molecular weight is 305 g/mol. The highest BCUT2D eigenvalue weighted by Crippen LogP contribution is 2.47. The van der Waals surface area contributed by atoms with Crippen LogP contribution in [-0.4, -0.2) is 24.7 Å². The first kappa shape index (κ1) is 16.3. The largest absolute Gasteiger partial charge is 0.467 e. The summed E-state index contributed by atoms with van der Waals surface area (Å²) in [5, 5.41) is 2.71. The van der Waals surface area contributed by atoms with E-state index in [-0.39, 0.29) is 18.5 Å². The number of hydrogen-bond acceptors (Lipinski definition) is 4. The summed E-state index contributed by atoms with van der Waals surface area (Å²) < 4.78 is 10.0. The Morgan fingerprint density at radius 3 is 2.68 bits per heavy atom. The van der Waals surface area contributed by atoms with Crippen molar-refractivity contribution in [3.8, 4) is 0 Å². The number of carbonyl (C=O) groups is 2. The molecule has 0 radical (unpaired) electrons. The van der Waals surface area contributed by atoms with Crippen LogP contribution in [0, 0.1) is 5.92 Å². The molecule has 1 aromatic rings. The second kappa shape index (κ2) is 7.29. The summed E-state index contributed by atoms with van der Waals surface area (Å²) >= 11 is 0. The lowest BCUT2D eigenvalue weighted by molar-refractivity contribution is -0.144. The van der Waals surface area contributed by atoms with E-state index in [1.807, 2.05) is 30.3 Å². The van der Waals surface area contributed by atoms with Crippen molar-refractivity contribution in [1.29, 1.82) is 0 Å². The third kappa shape index (κ3) is 3.78. The van der Waals surface area contributed by atoms with Gasteiger partial charge in [0.2, 0.25) is 0 Å². The second-order valence-electron chi connectivity index (χ2n) is 5.69. The van der Waals surface area contributed by atoms with Gasteiger partial charge in [-0.25, -0.2) is 9.59 Å². The molecule has 0 unspecified atom stereocenters. The van der Waals surface area contributed by atoms with Crippen molar-refractivity contribution in [1.82, 2.24) is 5.32 Å². The van der Waals surface area contributed by atoms with Crippen LogP contribution in [0.3, 0.4) is 0 Å². The number of hydrogen-bond donors (Lipinski definition) is 1. The fourth-order valence-corrected chi connectivity index (χ4v) is 2.71. The van der Waals surface area contributed by atoms with Gasteiger partial charge < -0.3 is 14.8 Å². The summed E-state index contributed by atoms with van der Waals surface area (Å²) in [5.74, 6) is -0.241.